The van der Waals surface area contributed by atoms with Gasteiger partial charge in [-0.05, 0) is 36.8 Å². The average molecular weight is 303 g/mol. The molecule has 0 atom stereocenters. The third-order valence-corrected chi connectivity index (χ3v) is 3.48. The number of aromatic hydroxyl groups is 1. The van der Waals surface area contributed by atoms with Crippen molar-refractivity contribution in [3.8, 4) is 5.75 Å². The molecule has 0 aromatic heterocycles. The number of phenols is 1. The van der Waals surface area contributed by atoms with Crippen LogP contribution >= 0.6 is 0 Å². The molecule has 1 amide bonds. The minimum Gasteiger partial charge on any atom is -0.508 e. The van der Waals surface area contributed by atoms with Crippen LogP contribution in [0.3, 0.4) is 0 Å². The highest BCUT2D eigenvalue weighted by Crippen LogP contribution is 2.21. The zero-order valence-electron chi connectivity index (χ0n) is 12.3. The van der Waals surface area contributed by atoms with E-state index in [-0.39, 0.29) is 37.2 Å². The zero-order chi connectivity index (χ0) is 16.1. The number of nitrogens with zero attached hydrogens (tertiary/aromatic N) is 1. The molecule has 0 saturated carbocycles. The van der Waals surface area contributed by atoms with Gasteiger partial charge in [0.05, 0.1) is 6.61 Å². The molecule has 116 valence electrons. The van der Waals surface area contributed by atoms with Gasteiger partial charge in [0.1, 0.15) is 11.6 Å². The van der Waals surface area contributed by atoms with E-state index in [1.54, 1.807) is 31.2 Å². The molecule has 5 heteroatoms. The molecular formula is C17H18FNO3. The van der Waals surface area contributed by atoms with Gasteiger partial charge in [-0.15, -0.1) is 0 Å². The first-order chi connectivity index (χ1) is 10.5. The number of carbonyl (C=O) groups is 1. The minimum absolute atomic E-state index is 0.0524. The molecule has 0 aliphatic rings. The summed E-state index contributed by atoms with van der Waals surface area (Å²) >= 11 is 0. The number of aliphatic hydroxyl groups is 1. The molecule has 0 heterocycles. The number of carbonyl (C=O) groups excluding carboxylic acids is 1. The van der Waals surface area contributed by atoms with Gasteiger partial charge in [-0.3, -0.25) is 4.79 Å². The molecule has 0 bridgehead atoms. The van der Waals surface area contributed by atoms with Gasteiger partial charge in [-0.1, -0.05) is 18.2 Å². The van der Waals surface area contributed by atoms with Crippen molar-refractivity contribution in [1.82, 2.24) is 4.90 Å². The molecule has 2 aromatic carbocycles. The van der Waals surface area contributed by atoms with Crippen molar-refractivity contribution in [1.29, 1.82) is 0 Å². The maximum absolute atomic E-state index is 12.9. The fourth-order valence-electron chi connectivity index (χ4n) is 2.21. The summed E-state index contributed by atoms with van der Waals surface area (Å²) in [7, 11) is 0. The fourth-order valence-corrected chi connectivity index (χ4v) is 2.21. The first-order valence-electron chi connectivity index (χ1n) is 6.96. The third kappa shape index (κ3) is 3.62. The SMILES string of the molecule is Cc1c(O)cccc1C(=O)N(CCO)Cc1ccc(F)cc1. The quantitative estimate of drug-likeness (QED) is 0.892. The number of hydrogen-bond donors (Lipinski definition) is 2. The highest BCUT2D eigenvalue weighted by molar-refractivity contribution is 5.96. The van der Waals surface area contributed by atoms with E-state index in [2.05, 4.69) is 0 Å². The fraction of sp³-hybridized carbons (Fsp3) is 0.235. The van der Waals surface area contributed by atoms with Crippen LogP contribution in [0.15, 0.2) is 42.5 Å². The summed E-state index contributed by atoms with van der Waals surface area (Å²) < 4.78 is 12.9. The van der Waals surface area contributed by atoms with Crippen LogP contribution in [0.1, 0.15) is 21.5 Å². The lowest BCUT2D eigenvalue weighted by Gasteiger charge is -2.23. The summed E-state index contributed by atoms with van der Waals surface area (Å²) in [5, 5.41) is 18.9. The molecule has 0 radical (unpaired) electrons. The Balaban J connectivity index is 2.25. The van der Waals surface area contributed by atoms with Crippen LogP contribution in [-0.2, 0) is 6.54 Å². The van der Waals surface area contributed by atoms with Gasteiger partial charge in [0, 0.05) is 24.2 Å². The summed E-state index contributed by atoms with van der Waals surface area (Å²) in [6.07, 6.45) is 0. The van der Waals surface area contributed by atoms with Crippen molar-refractivity contribution in [2.75, 3.05) is 13.2 Å². The van der Waals surface area contributed by atoms with Crippen LogP contribution in [-0.4, -0.2) is 34.2 Å². The predicted molar refractivity (Wildman–Crippen MR) is 81.1 cm³/mol. The lowest BCUT2D eigenvalue weighted by molar-refractivity contribution is 0.0706. The number of phenolic OH excluding ortho intramolecular Hbond substituents is 1. The first-order valence-corrected chi connectivity index (χ1v) is 6.96. The average Bonchev–Trinajstić information content (AvgIpc) is 2.51. The van der Waals surface area contributed by atoms with E-state index in [0.29, 0.717) is 11.1 Å². The molecule has 2 rings (SSSR count). The van der Waals surface area contributed by atoms with Gasteiger partial charge in [-0.25, -0.2) is 4.39 Å². The number of rotatable bonds is 5. The van der Waals surface area contributed by atoms with E-state index in [9.17, 15) is 19.4 Å². The normalized spacial score (nSPS) is 10.5. The second-order valence-electron chi connectivity index (χ2n) is 5.03. The van der Waals surface area contributed by atoms with E-state index in [1.807, 2.05) is 0 Å². The molecule has 0 spiro atoms. The van der Waals surface area contributed by atoms with Crippen molar-refractivity contribution >= 4 is 5.91 Å². The third-order valence-electron chi connectivity index (χ3n) is 3.48. The highest BCUT2D eigenvalue weighted by Gasteiger charge is 2.18. The van der Waals surface area contributed by atoms with Crippen molar-refractivity contribution in [2.24, 2.45) is 0 Å². The van der Waals surface area contributed by atoms with Crippen molar-refractivity contribution in [2.45, 2.75) is 13.5 Å². The van der Waals surface area contributed by atoms with Crippen molar-refractivity contribution in [3.63, 3.8) is 0 Å². The lowest BCUT2D eigenvalue weighted by Crippen LogP contribution is -2.33. The maximum atomic E-state index is 12.9. The predicted octanol–water partition coefficient (Wildman–Crippen LogP) is 2.47. The summed E-state index contributed by atoms with van der Waals surface area (Å²) in [5.74, 6) is -0.573. The van der Waals surface area contributed by atoms with Crippen LogP contribution in [0.2, 0.25) is 0 Å². The van der Waals surface area contributed by atoms with Crippen LogP contribution in [0, 0.1) is 12.7 Å². The Labute approximate surface area is 128 Å². The molecule has 2 N–H and O–H groups in total. The topological polar surface area (TPSA) is 60.8 Å². The second-order valence-corrected chi connectivity index (χ2v) is 5.03. The van der Waals surface area contributed by atoms with Gasteiger partial charge in [-0.2, -0.15) is 0 Å². The number of halogens is 1. The molecule has 0 fully saturated rings. The number of benzene rings is 2. The number of amides is 1. The van der Waals surface area contributed by atoms with Crippen molar-refractivity contribution < 1.29 is 19.4 Å². The van der Waals surface area contributed by atoms with E-state index in [0.717, 1.165) is 5.56 Å². The monoisotopic (exact) mass is 303 g/mol. The van der Waals surface area contributed by atoms with E-state index in [4.69, 9.17) is 0 Å². The Morgan fingerprint density at radius 1 is 1.18 bits per heavy atom. The number of hydrogen-bond acceptors (Lipinski definition) is 3. The van der Waals surface area contributed by atoms with Crippen LogP contribution in [0.4, 0.5) is 4.39 Å². The minimum atomic E-state index is -0.340. The lowest BCUT2D eigenvalue weighted by atomic mass is 10.1. The summed E-state index contributed by atoms with van der Waals surface area (Å²) in [5.41, 5.74) is 1.64. The summed E-state index contributed by atoms with van der Waals surface area (Å²) in [6, 6.07) is 10.6. The highest BCUT2D eigenvalue weighted by atomic mass is 19.1. The standard InChI is InChI=1S/C17H18FNO3/c1-12-15(3-2-4-16(12)21)17(22)19(9-10-20)11-13-5-7-14(18)8-6-13/h2-8,20-21H,9-11H2,1H3. The zero-order valence-corrected chi connectivity index (χ0v) is 12.3. The maximum Gasteiger partial charge on any atom is 0.254 e. The Kier molecular flexibility index (Phi) is 5.12. The largest absolute Gasteiger partial charge is 0.508 e. The molecule has 22 heavy (non-hydrogen) atoms. The summed E-state index contributed by atoms with van der Waals surface area (Å²) in [4.78, 5) is 14.1. The molecule has 4 nitrogen and oxygen atoms in total. The smallest absolute Gasteiger partial charge is 0.254 e. The van der Waals surface area contributed by atoms with E-state index >= 15 is 0 Å². The Bertz CT molecular complexity index is 655. The van der Waals surface area contributed by atoms with Gasteiger partial charge >= 0.3 is 0 Å². The van der Waals surface area contributed by atoms with Crippen LogP contribution in [0.5, 0.6) is 5.75 Å². The first kappa shape index (κ1) is 16.0. The Hall–Kier alpha value is -2.40. The van der Waals surface area contributed by atoms with E-state index in [1.165, 1.54) is 23.1 Å². The molecule has 0 unspecified atom stereocenters. The van der Waals surface area contributed by atoms with Gasteiger partial charge in [0.25, 0.3) is 5.91 Å². The molecule has 2 aromatic rings. The molecule has 0 aliphatic carbocycles. The molecule has 0 saturated heterocycles. The second kappa shape index (κ2) is 7.04. The number of aliphatic hydroxyl groups excluding tert-OH is 1. The van der Waals surface area contributed by atoms with Crippen LogP contribution < -0.4 is 0 Å². The Morgan fingerprint density at radius 3 is 2.50 bits per heavy atom. The Morgan fingerprint density at radius 2 is 1.86 bits per heavy atom. The molecule has 0 aliphatic heterocycles. The van der Waals surface area contributed by atoms with Crippen molar-refractivity contribution in [3.05, 3.63) is 65.0 Å². The summed E-state index contributed by atoms with van der Waals surface area (Å²) in [6.45, 7) is 1.91. The van der Waals surface area contributed by atoms with E-state index < -0.39 is 0 Å². The van der Waals surface area contributed by atoms with Crippen LogP contribution in [0.25, 0.3) is 0 Å². The van der Waals surface area contributed by atoms with Gasteiger partial charge in [0.2, 0.25) is 0 Å². The van der Waals surface area contributed by atoms with Gasteiger partial charge < -0.3 is 15.1 Å². The van der Waals surface area contributed by atoms with Gasteiger partial charge in [0.15, 0.2) is 0 Å². The molecular weight excluding hydrogens is 285 g/mol.